The molecule has 19 heavy (non-hydrogen) atoms. The van der Waals surface area contributed by atoms with E-state index < -0.39 is 0 Å². The average Bonchev–Trinajstić information content (AvgIpc) is 2.46. The van der Waals surface area contributed by atoms with Crippen molar-refractivity contribution in [3.63, 3.8) is 0 Å². The van der Waals surface area contributed by atoms with Crippen molar-refractivity contribution in [1.29, 1.82) is 0 Å². The molecule has 0 unspecified atom stereocenters. The molecule has 0 aliphatic rings. The van der Waals surface area contributed by atoms with Crippen molar-refractivity contribution < 1.29 is 4.79 Å². The van der Waals surface area contributed by atoms with E-state index in [0.717, 1.165) is 23.0 Å². The highest BCUT2D eigenvalue weighted by Crippen LogP contribution is 2.06. The van der Waals surface area contributed by atoms with E-state index in [0.29, 0.717) is 12.0 Å². The lowest BCUT2D eigenvalue weighted by Crippen LogP contribution is -1.84. The molecule has 0 spiro atoms. The van der Waals surface area contributed by atoms with Gasteiger partial charge >= 0.3 is 0 Å². The van der Waals surface area contributed by atoms with E-state index >= 15 is 0 Å². The molecular formula is C18H12O. The van der Waals surface area contributed by atoms with Crippen molar-refractivity contribution >= 4 is 6.29 Å². The van der Waals surface area contributed by atoms with E-state index in [4.69, 9.17) is 6.42 Å². The summed E-state index contributed by atoms with van der Waals surface area (Å²) in [6, 6.07) is 15.1. The number of benzene rings is 2. The summed E-state index contributed by atoms with van der Waals surface area (Å²) in [6.45, 7) is 0. The number of hydrogen-bond acceptors (Lipinski definition) is 1. The standard InChI is InChI=1S/C18H12O/c1-2-5-15-6-3-7-16(12-15)10-11-17-8-4-9-18(13-17)14-19/h1,3-4,6-9,12-14H,5H2. The van der Waals surface area contributed by atoms with Gasteiger partial charge in [-0.1, -0.05) is 36.1 Å². The largest absolute Gasteiger partial charge is 0.298 e. The monoisotopic (exact) mass is 244 g/mol. The highest BCUT2D eigenvalue weighted by atomic mass is 16.1. The van der Waals surface area contributed by atoms with Gasteiger partial charge in [-0.2, -0.15) is 0 Å². The number of hydrogen-bond donors (Lipinski definition) is 0. The molecule has 0 saturated carbocycles. The topological polar surface area (TPSA) is 17.1 Å². The smallest absolute Gasteiger partial charge is 0.150 e. The van der Waals surface area contributed by atoms with Crippen LogP contribution in [0.4, 0.5) is 0 Å². The van der Waals surface area contributed by atoms with Gasteiger partial charge in [0.1, 0.15) is 6.29 Å². The molecule has 0 aliphatic carbocycles. The molecule has 1 heteroatoms. The van der Waals surface area contributed by atoms with Crippen LogP contribution in [0.3, 0.4) is 0 Å². The van der Waals surface area contributed by atoms with Crippen LogP contribution in [-0.2, 0) is 6.42 Å². The first-order valence-corrected chi connectivity index (χ1v) is 5.91. The summed E-state index contributed by atoms with van der Waals surface area (Å²) in [5, 5.41) is 0. The van der Waals surface area contributed by atoms with Gasteiger partial charge in [-0.15, -0.1) is 12.3 Å². The lowest BCUT2D eigenvalue weighted by molar-refractivity contribution is 0.112. The summed E-state index contributed by atoms with van der Waals surface area (Å²) in [6.07, 6.45) is 6.71. The van der Waals surface area contributed by atoms with Gasteiger partial charge in [0.05, 0.1) is 0 Å². The molecule has 0 bridgehead atoms. The zero-order chi connectivity index (χ0) is 13.5. The molecule has 0 aromatic heterocycles. The Balaban J connectivity index is 2.26. The Morgan fingerprint density at radius 1 is 1.00 bits per heavy atom. The van der Waals surface area contributed by atoms with Gasteiger partial charge in [0.25, 0.3) is 0 Å². The third-order valence-corrected chi connectivity index (χ3v) is 2.61. The SMILES string of the molecule is C#CCc1cccc(C#Cc2cccc(C=O)c2)c1. The zero-order valence-corrected chi connectivity index (χ0v) is 10.4. The van der Waals surface area contributed by atoms with Gasteiger partial charge in [0.2, 0.25) is 0 Å². The van der Waals surface area contributed by atoms with E-state index in [2.05, 4.69) is 17.8 Å². The molecule has 0 fully saturated rings. The first kappa shape index (κ1) is 12.7. The molecular weight excluding hydrogens is 232 g/mol. The van der Waals surface area contributed by atoms with Crippen molar-refractivity contribution in [2.75, 3.05) is 0 Å². The summed E-state index contributed by atoms with van der Waals surface area (Å²) in [4.78, 5) is 10.7. The molecule has 2 rings (SSSR count). The number of aldehydes is 1. The first-order chi connectivity index (χ1) is 9.31. The minimum absolute atomic E-state index is 0.607. The van der Waals surface area contributed by atoms with Crippen LogP contribution in [-0.4, -0.2) is 6.29 Å². The van der Waals surface area contributed by atoms with Gasteiger partial charge in [0, 0.05) is 23.1 Å². The Hall–Kier alpha value is -2.77. The fraction of sp³-hybridized carbons (Fsp3) is 0.0556. The van der Waals surface area contributed by atoms with Crippen LogP contribution in [0.1, 0.15) is 27.0 Å². The van der Waals surface area contributed by atoms with E-state index in [9.17, 15) is 4.79 Å². The van der Waals surface area contributed by atoms with Gasteiger partial charge in [0.15, 0.2) is 0 Å². The Morgan fingerprint density at radius 3 is 2.37 bits per heavy atom. The third kappa shape index (κ3) is 3.60. The average molecular weight is 244 g/mol. The number of carbonyl (C=O) groups excluding carboxylic acids is 1. The van der Waals surface area contributed by atoms with Crippen LogP contribution in [0.2, 0.25) is 0 Å². The minimum atomic E-state index is 0.607. The molecule has 1 nitrogen and oxygen atoms in total. The van der Waals surface area contributed by atoms with Crippen molar-refractivity contribution in [2.45, 2.75) is 6.42 Å². The van der Waals surface area contributed by atoms with E-state index in [1.165, 1.54) is 0 Å². The fourth-order valence-electron chi connectivity index (χ4n) is 1.71. The molecule has 0 heterocycles. The predicted molar refractivity (Wildman–Crippen MR) is 76.8 cm³/mol. The normalized spacial score (nSPS) is 9.00. The number of rotatable bonds is 2. The molecule has 0 aliphatic heterocycles. The van der Waals surface area contributed by atoms with E-state index in [1.54, 1.807) is 12.1 Å². The molecule has 2 aromatic carbocycles. The summed E-state index contributed by atoms with van der Waals surface area (Å²) in [5.41, 5.74) is 3.46. The number of carbonyl (C=O) groups is 1. The second-order valence-electron chi connectivity index (χ2n) is 4.07. The van der Waals surface area contributed by atoms with Gasteiger partial charge in [-0.05, 0) is 29.8 Å². The molecule has 2 aromatic rings. The van der Waals surface area contributed by atoms with Crippen LogP contribution in [0.25, 0.3) is 0 Å². The van der Waals surface area contributed by atoms with Crippen LogP contribution < -0.4 is 0 Å². The molecule has 0 atom stereocenters. The molecule has 0 radical (unpaired) electrons. The maximum absolute atomic E-state index is 10.7. The second kappa shape index (κ2) is 6.24. The van der Waals surface area contributed by atoms with Crippen LogP contribution in [0.5, 0.6) is 0 Å². The highest BCUT2D eigenvalue weighted by molar-refractivity contribution is 5.75. The van der Waals surface area contributed by atoms with Crippen LogP contribution >= 0.6 is 0 Å². The highest BCUT2D eigenvalue weighted by Gasteiger charge is 1.93. The maximum atomic E-state index is 10.7. The summed E-state index contributed by atoms with van der Waals surface area (Å²) < 4.78 is 0. The van der Waals surface area contributed by atoms with Crippen molar-refractivity contribution in [1.82, 2.24) is 0 Å². The Bertz CT molecular complexity index is 693. The van der Waals surface area contributed by atoms with Crippen molar-refractivity contribution in [2.24, 2.45) is 0 Å². The van der Waals surface area contributed by atoms with Crippen molar-refractivity contribution in [3.8, 4) is 24.2 Å². The van der Waals surface area contributed by atoms with Gasteiger partial charge < -0.3 is 0 Å². The predicted octanol–water partition coefficient (Wildman–Crippen LogP) is 3.07. The Labute approximate surface area is 113 Å². The van der Waals surface area contributed by atoms with Crippen LogP contribution in [0, 0.1) is 24.2 Å². The molecule has 0 N–H and O–H groups in total. The summed E-state index contributed by atoms with van der Waals surface area (Å²) in [5.74, 6) is 8.73. The molecule has 90 valence electrons. The zero-order valence-electron chi connectivity index (χ0n) is 10.4. The second-order valence-corrected chi connectivity index (χ2v) is 4.07. The first-order valence-electron chi connectivity index (χ1n) is 5.91. The number of terminal acetylenes is 1. The van der Waals surface area contributed by atoms with Crippen LogP contribution in [0.15, 0.2) is 48.5 Å². The van der Waals surface area contributed by atoms with Crippen molar-refractivity contribution in [3.05, 3.63) is 70.8 Å². The summed E-state index contributed by atoms with van der Waals surface area (Å²) in [7, 11) is 0. The van der Waals surface area contributed by atoms with Gasteiger partial charge in [-0.25, -0.2) is 0 Å². The molecule has 0 saturated heterocycles. The van der Waals surface area contributed by atoms with E-state index in [1.807, 2.05) is 36.4 Å². The quantitative estimate of drug-likeness (QED) is 0.586. The van der Waals surface area contributed by atoms with E-state index in [-0.39, 0.29) is 0 Å². The minimum Gasteiger partial charge on any atom is -0.298 e. The lowest BCUT2D eigenvalue weighted by Gasteiger charge is -1.96. The maximum Gasteiger partial charge on any atom is 0.150 e. The van der Waals surface area contributed by atoms with Gasteiger partial charge in [-0.3, -0.25) is 4.79 Å². The fourth-order valence-corrected chi connectivity index (χ4v) is 1.71. The summed E-state index contributed by atoms with van der Waals surface area (Å²) >= 11 is 0. The molecule has 0 amide bonds. The lowest BCUT2D eigenvalue weighted by atomic mass is 10.1. The Morgan fingerprint density at radius 2 is 1.68 bits per heavy atom. The Kier molecular flexibility index (Phi) is 4.17. The third-order valence-electron chi connectivity index (χ3n) is 2.61.